The average Bonchev–Trinajstić information content (AvgIpc) is 3.66. The Morgan fingerprint density at radius 3 is 1.78 bits per heavy atom. The van der Waals surface area contributed by atoms with Crippen LogP contribution in [0.15, 0.2) is 116 Å². The summed E-state index contributed by atoms with van der Waals surface area (Å²) in [5, 5.41) is 14.0. The first kappa shape index (κ1) is 26.1. The Kier molecular flexibility index (Phi) is 6.46. The molecule has 204 valence electrons. The van der Waals surface area contributed by atoms with Gasteiger partial charge in [0, 0.05) is 17.3 Å². The van der Waals surface area contributed by atoms with Crippen LogP contribution in [-0.4, -0.2) is 29.8 Å². The molecule has 2 heterocycles. The molecule has 2 aromatic heterocycles. The summed E-state index contributed by atoms with van der Waals surface area (Å²) in [6.07, 6.45) is 3.43. The highest BCUT2D eigenvalue weighted by Crippen LogP contribution is 2.40. The summed E-state index contributed by atoms with van der Waals surface area (Å²) in [6, 6.07) is 33.1. The smallest absolute Gasteiger partial charge is 0.207 e. The Morgan fingerprint density at radius 2 is 1.29 bits per heavy atom. The van der Waals surface area contributed by atoms with Crippen molar-refractivity contribution in [2.24, 2.45) is 0 Å². The molecule has 0 saturated carbocycles. The van der Waals surface area contributed by atoms with Gasteiger partial charge in [0.05, 0.1) is 23.3 Å². The van der Waals surface area contributed by atoms with Crippen molar-refractivity contribution in [1.29, 1.82) is 0 Å². The highest BCUT2D eigenvalue weighted by atomic mass is 19.1. The number of hydrogen-bond acceptors (Lipinski definition) is 5. The maximum Gasteiger partial charge on any atom is 0.207 e. The van der Waals surface area contributed by atoms with Crippen molar-refractivity contribution >= 4 is 5.69 Å². The summed E-state index contributed by atoms with van der Waals surface area (Å²) in [7, 11) is 0. The zero-order chi connectivity index (χ0) is 28.6. The van der Waals surface area contributed by atoms with Crippen LogP contribution >= 0.6 is 0 Å². The Balaban J connectivity index is 1.60. The number of aromatic nitrogens is 6. The fraction of sp³-hybridized carbons (Fsp3) is 0.152. The van der Waals surface area contributed by atoms with E-state index in [0.717, 1.165) is 22.4 Å². The van der Waals surface area contributed by atoms with E-state index in [1.165, 1.54) is 6.07 Å². The Labute approximate surface area is 238 Å². The molecule has 0 atom stereocenters. The third kappa shape index (κ3) is 4.57. The number of nitrogens with zero attached hydrogens (tertiary/aromatic N) is 6. The summed E-state index contributed by atoms with van der Waals surface area (Å²) in [5.41, 5.74) is 9.57. The second-order valence-electron chi connectivity index (χ2n) is 11.0. The van der Waals surface area contributed by atoms with Crippen molar-refractivity contribution in [3.8, 4) is 17.1 Å². The minimum atomic E-state index is -0.956. The molecule has 0 aliphatic carbocycles. The molecule has 0 bridgehead atoms. The number of nitrogen functional groups attached to an aromatic ring is 1. The number of nitrogens with two attached hydrogens (primary N) is 1. The topological polar surface area (TPSA) is 87.4 Å². The first-order valence-electron chi connectivity index (χ1n) is 13.4. The predicted molar refractivity (Wildman–Crippen MR) is 158 cm³/mol. The SMILES string of the molecule is CC(C)(C)c1cn(-c2c(F)cc(N)cc2-c2nnn(C(c3ccccc3)(c3ccccc3)c3ccccc3)n2)cn1. The second kappa shape index (κ2) is 10.1. The molecule has 0 unspecified atom stereocenters. The summed E-state index contributed by atoms with van der Waals surface area (Å²) in [6.45, 7) is 6.18. The first-order chi connectivity index (χ1) is 19.8. The van der Waals surface area contributed by atoms with Crippen LogP contribution in [0.3, 0.4) is 0 Å². The van der Waals surface area contributed by atoms with E-state index >= 15 is 4.39 Å². The number of hydrogen-bond donors (Lipinski definition) is 1. The lowest BCUT2D eigenvalue weighted by Gasteiger charge is -2.34. The molecular weight excluding hydrogens is 513 g/mol. The number of halogens is 1. The molecule has 8 heteroatoms. The molecule has 0 amide bonds. The average molecular weight is 544 g/mol. The molecule has 0 aliphatic rings. The van der Waals surface area contributed by atoms with Gasteiger partial charge in [-0.1, -0.05) is 112 Å². The fourth-order valence-electron chi connectivity index (χ4n) is 5.23. The largest absolute Gasteiger partial charge is 0.399 e. The van der Waals surface area contributed by atoms with Crippen LogP contribution < -0.4 is 5.73 Å². The van der Waals surface area contributed by atoms with Gasteiger partial charge in [0.2, 0.25) is 5.82 Å². The van der Waals surface area contributed by atoms with Crippen molar-refractivity contribution < 1.29 is 4.39 Å². The van der Waals surface area contributed by atoms with E-state index in [4.69, 9.17) is 10.8 Å². The molecule has 0 aliphatic heterocycles. The van der Waals surface area contributed by atoms with Gasteiger partial charge in [0.1, 0.15) is 5.82 Å². The fourth-order valence-corrected chi connectivity index (χ4v) is 5.23. The van der Waals surface area contributed by atoms with Crippen molar-refractivity contribution in [3.05, 3.63) is 144 Å². The van der Waals surface area contributed by atoms with Gasteiger partial charge in [0.15, 0.2) is 5.54 Å². The lowest BCUT2D eigenvalue weighted by atomic mass is 9.77. The number of anilines is 1. The van der Waals surface area contributed by atoms with E-state index in [9.17, 15) is 0 Å². The van der Waals surface area contributed by atoms with E-state index in [0.29, 0.717) is 5.56 Å². The molecule has 6 rings (SSSR count). The van der Waals surface area contributed by atoms with E-state index < -0.39 is 11.4 Å². The van der Waals surface area contributed by atoms with E-state index in [1.807, 2.05) is 97.2 Å². The van der Waals surface area contributed by atoms with Crippen molar-refractivity contribution in [2.75, 3.05) is 5.73 Å². The lowest BCUT2D eigenvalue weighted by Crippen LogP contribution is -2.39. The normalized spacial score (nSPS) is 12.0. The monoisotopic (exact) mass is 543 g/mol. The van der Waals surface area contributed by atoms with Gasteiger partial charge in [-0.05, 0) is 34.0 Å². The lowest BCUT2D eigenvalue weighted by molar-refractivity contribution is 0.396. The minimum absolute atomic E-state index is 0.211. The van der Waals surface area contributed by atoms with Gasteiger partial charge in [-0.3, -0.25) is 0 Å². The van der Waals surface area contributed by atoms with Crippen LogP contribution in [-0.2, 0) is 11.0 Å². The summed E-state index contributed by atoms with van der Waals surface area (Å²) in [5.74, 6) is -0.265. The van der Waals surface area contributed by atoms with E-state index in [-0.39, 0.29) is 22.6 Å². The summed E-state index contributed by atoms with van der Waals surface area (Å²) >= 11 is 0. The van der Waals surface area contributed by atoms with Crippen molar-refractivity contribution in [1.82, 2.24) is 29.8 Å². The predicted octanol–water partition coefficient (Wildman–Crippen LogP) is 6.38. The summed E-state index contributed by atoms with van der Waals surface area (Å²) in [4.78, 5) is 6.14. The number of benzene rings is 4. The third-order valence-corrected chi connectivity index (χ3v) is 7.22. The molecule has 41 heavy (non-hydrogen) atoms. The molecule has 2 N–H and O–H groups in total. The minimum Gasteiger partial charge on any atom is -0.399 e. The van der Waals surface area contributed by atoms with Gasteiger partial charge in [-0.25, -0.2) is 9.37 Å². The number of imidazole rings is 1. The maximum atomic E-state index is 15.6. The second-order valence-corrected chi connectivity index (χ2v) is 11.0. The molecule has 0 saturated heterocycles. The van der Waals surface area contributed by atoms with Crippen molar-refractivity contribution in [2.45, 2.75) is 31.7 Å². The van der Waals surface area contributed by atoms with Crippen molar-refractivity contribution in [3.63, 3.8) is 0 Å². The number of tetrazole rings is 1. The Hall–Kier alpha value is -5.11. The van der Waals surface area contributed by atoms with Crippen LogP contribution in [0.25, 0.3) is 17.1 Å². The van der Waals surface area contributed by atoms with Gasteiger partial charge in [0.25, 0.3) is 0 Å². The van der Waals surface area contributed by atoms with E-state index in [1.54, 1.807) is 21.8 Å². The van der Waals surface area contributed by atoms with Gasteiger partial charge in [-0.15, -0.1) is 15.0 Å². The Bertz CT molecular complexity index is 1690. The first-order valence-corrected chi connectivity index (χ1v) is 13.4. The Morgan fingerprint density at radius 1 is 0.756 bits per heavy atom. The standard InChI is InChI=1S/C33H30FN7/c1-32(2,3)29-21-40(22-36-29)30-27(19-26(35)20-28(30)34)31-37-39-41(38-31)33(23-13-7-4-8-14-23,24-15-9-5-10-16-24)25-17-11-6-12-18-25/h4-22H,35H2,1-3H3. The van der Waals surface area contributed by atoms with Gasteiger partial charge >= 0.3 is 0 Å². The van der Waals surface area contributed by atoms with Crippen LogP contribution in [0.4, 0.5) is 10.1 Å². The van der Waals surface area contributed by atoms with Crippen LogP contribution in [0, 0.1) is 5.82 Å². The maximum absolute atomic E-state index is 15.6. The van der Waals surface area contributed by atoms with Gasteiger partial charge < -0.3 is 10.3 Å². The molecule has 7 nitrogen and oxygen atoms in total. The number of rotatable bonds is 6. The third-order valence-electron chi connectivity index (χ3n) is 7.22. The highest BCUT2D eigenvalue weighted by molar-refractivity contribution is 5.72. The van der Waals surface area contributed by atoms with E-state index in [2.05, 4.69) is 36.1 Å². The molecule has 0 spiro atoms. The highest BCUT2D eigenvalue weighted by Gasteiger charge is 2.41. The molecular formula is C33H30FN7. The molecule has 0 radical (unpaired) electrons. The zero-order valence-corrected chi connectivity index (χ0v) is 23.1. The molecule has 4 aromatic carbocycles. The van der Waals surface area contributed by atoms with Crippen LogP contribution in [0.2, 0.25) is 0 Å². The zero-order valence-electron chi connectivity index (χ0n) is 23.1. The molecule has 0 fully saturated rings. The quantitative estimate of drug-likeness (QED) is 0.194. The van der Waals surface area contributed by atoms with Gasteiger partial charge in [-0.2, -0.15) is 0 Å². The van der Waals surface area contributed by atoms with Crippen LogP contribution in [0.5, 0.6) is 0 Å². The van der Waals surface area contributed by atoms with Crippen LogP contribution in [0.1, 0.15) is 43.2 Å². The summed E-state index contributed by atoms with van der Waals surface area (Å²) < 4.78 is 17.3. The molecule has 6 aromatic rings.